The van der Waals surface area contributed by atoms with Crippen molar-refractivity contribution in [3.8, 4) is 0 Å². The van der Waals surface area contributed by atoms with Crippen molar-refractivity contribution in [2.75, 3.05) is 40.5 Å². The van der Waals surface area contributed by atoms with Crippen molar-refractivity contribution in [1.82, 2.24) is 0 Å². The minimum Gasteiger partial charge on any atom is -0.463 e. The quantitative estimate of drug-likeness (QED) is 0.0984. The lowest BCUT2D eigenvalue weighted by atomic mass is 10.1. The number of esters is 1. The third kappa shape index (κ3) is 22.4. The molecular weight excluding hydrogens is 424 g/mol. The molecule has 0 saturated carbocycles. The first-order chi connectivity index (χ1) is 15.6. The number of carbonyl (C=O) groups excluding carboxylic acids is 1. The van der Waals surface area contributed by atoms with Gasteiger partial charge in [-0.2, -0.15) is 0 Å². The Bertz CT molecular complexity index is 410. The van der Waals surface area contributed by atoms with Crippen LogP contribution in [0.1, 0.15) is 90.4 Å². The maximum Gasteiger partial charge on any atom is 0.500 e. The Labute approximate surface area is 198 Å². The summed E-state index contributed by atoms with van der Waals surface area (Å²) in [5.41, 5.74) is 10.9. The molecule has 192 valence electrons. The van der Waals surface area contributed by atoms with Crippen LogP contribution < -0.4 is 11.5 Å². The molecule has 7 nitrogen and oxygen atoms in total. The zero-order chi connectivity index (χ0) is 24.3. The van der Waals surface area contributed by atoms with Gasteiger partial charge in [0.2, 0.25) is 0 Å². The van der Waals surface area contributed by atoms with Crippen molar-refractivity contribution in [1.29, 1.82) is 0 Å². The van der Waals surface area contributed by atoms with Gasteiger partial charge in [0.1, 0.15) is 0 Å². The van der Waals surface area contributed by atoms with Crippen molar-refractivity contribution in [3.63, 3.8) is 0 Å². The highest BCUT2D eigenvalue weighted by atomic mass is 28.4. The fraction of sp³-hybridized carbons (Fsp3) is 0.875. The zero-order valence-electron chi connectivity index (χ0n) is 21.2. The van der Waals surface area contributed by atoms with E-state index in [-0.39, 0.29) is 5.97 Å². The highest BCUT2D eigenvalue weighted by Gasteiger charge is 2.37. The van der Waals surface area contributed by atoms with Crippen LogP contribution in [0.15, 0.2) is 12.7 Å². The maximum atomic E-state index is 10.7. The molecule has 0 fully saturated rings. The summed E-state index contributed by atoms with van der Waals surface area (Å²) in [4.78, 5) is 10.7. The van der Waals surface area contributed by atoms with E-state index in [0.717, 1.165) is 31.7 Å². The fourth-order valence-corrected chi connectivity index (χ4v) is 5.14. The van der Waals surface area contributed by atoms with Gasteiger partial charge in [-0.05, 0) is 38.8 Å². The van der Waals surface area contributed by atoms with Crippen LogP contribution in [-0.4, -0.2) is 55.3 Å². The summed E-state index contributed by atoms with van der Waals surface area (Å²) in [6, 6.07) is 0.777. The molecule has 0 aliphatic heterocycles. The van der Waals surface area contributed by atoms with E-state index >= 15 is 0 Å². The van der Waals surface area contributed by atoms with Gasteiger partial charge in [-0.25, -0.2) is 4.79 Å². The van der Waals surface area contributed by atoms with Crippen LogP contribution in [0.3, 0.4) is 0 Å². The van der Waals surface area contributed by atoms with E-state index in [1.54, 1.807) is 14.2 Å². The summed E-state index contributed by atoms with van der Waals surface area (Å²) in [7, 11) is 0.833. The van der Waals surface area contributed by atoms with Crippen LogP contribution in [0.5, 0.6) is 0 Å². The minimum atomic E-state index is -2.44. The van der Waals surface area contributed by atoms with Crippen molar-refractivity contribution in [2.45, 2.75) is 96.4 Å². The van der Waals surface area contributed by atoms with Gasteiger partial charge in [0.25, 0.3) is 0 Å². The van der Waals surface area contributed by atoms with Crippen molar-refractivity contribution in [3.05, 3.63) is 12.7 Å². The number of rotatable bonds is 22. The molecule has 0 saturated heterocycles. The molecule has 0 aromatic rings. The van der Waals surface area contributed by atoms with E-state index in [2.05, 4.69) is 13.5 Å². The summed E-state index contributed by atoms with van der Waals surface area (Å²) < 4.78 is 21.4. The van der Waals surface area contributed by atoms with Gasteiger partial charge < -0.3 is 29.5 Å². The topological polar surface area (TPSA) is 106 Å². The average Bonchev–Trinajstić information content (AvgIpc) is 2.82. The molecule has 0 unspecified atom stereocenters. The summed E-state index contributed by atoms with van der Waals surface area (Å²) in [5.74, 6) is -0.305. The number of carbonyl (C=O) groups is 1. The van der Waals surface area contributed by atoms with E-state index in [9.17, 15) is 4.79 Å². The summed E-state index contributed by atoms with van der Waals surface area (Å²) in [6.45, 7) is 8.12. The molecule has 0 aliphatic carbocycles. The predicted molar refractivity (Wildman–Crippen MR) is 135 cm³/mol. The van der Waals surface area contributed by atoms with Crippen molar-refractivity contribution in [2.24, 2.45) is 11.5 Å². The lowest BCUT2D eigenvalue weighted by Gasteiger charge is -2.26. The first kappa shape index (κ1) is 33.4. The molecule has 32 heavy (non-hydrogen) atoms. The number of nitrogens with two attached hydrogens (primary N) is 2. The number of unbranched alkanes of at least 4 members (excludes halogenated alkanes) is 10. The number of hydrogen-bond acceptors (Lipinski definition) is 7. The molecule has 0 aliphatic rings. The first-order valence-corrected chi connectivity index (χ1v) is 14.4. The maximum absolute atomic E-state index is 10.7. The van der Waals surface area contributed by atoms with Gasteiger partial charge in [-0.3, -0.25) is 0 Å². The van der Waals surface area contributed by atoms with E-state index in [1.165, 1.54) is 63.9 Å². The second kappa shape index (κ2) is 26.5. The number of hydrogen-bond donors (Lipinski definition) is 2. The fourth-order valence-electron chi connectivity index (χ4n) is 3.09. The summed E-state index contributed by atoms with van der Waals surface area (Å²) in [5, 5.41) is 0. The molecule has 0 heterocycles. The van der Waals surface area contributed by atoms with Gasteiger partial charge in [-0.1, -0.05) is 71.3 Å². The van der Waals surface area contributed by atoms with E-state index in [4.69, 9.17) is 29.5 Å². The molecule has 0 atom stereocenters. The number of ether oxygens (including phenoxy) is 1. The second-order valence-corrected chi connectivity index (χ2v) is 10.9. The molecule has 0 bridgehead atoms. The van der Waals surface area contributed by atoms with Crippen LogP contribution in [-0.2, 0) is 22.8 Å². The normalized spacial score (nSPS) is 11.0. The van der Waals surface area contributed by atoms with E-state index in [0.29, 0.717) is 26.3 Å². The zero-order valence-corrected chi connectivity index (χ0v) is 22.2. The standard InChI is InChI=1S/C15H28O2.C9H24N2O3Si/c1-3-5-6-7-8-9-10-11-12-13-14-17-15(16)4-2;1-12-15(13-2,9-5-7-11)14-8-4-3-6-10/h4H,2-3,5-14H2,1H3;3-11H2,1-2H3. The Morgan fingerprint density at radius 2 is 1.28 bits per heavy atom. The third-order valence-corrected chi connectivity index (χ3v) is 7.99. The summed E-state index contributed by atoms with van der Waals surface area (Å²) in [6.07, 6.45) is 17.0. The average molecular weight is 477 g/mol. The molecule has 0 aromatic carbocycles. The molecule has 4 N–H and O–H groups in total. The first-order valence-electron chi connectivity index (χ1n) is 12.5. The minimum absolute atomic E-state index is 0.305. The van der Waals surface area contributed by atoms with Crippen molar-refractivity contribution >= 4 is 14.8 Å². The van der Waals surface area contributed by atoms with Gasteiger partial charge in [-0.15, -0.1) is 0 Å². The van der Waals surface area contributed by atoms with Gasteiger partial charge in [0, 0.05) is 32.9 Å². The SMILES string of the molecule is C=CC(=O)OCCCCCCCCCCCC.CO[Si](CCCN)(OC)OCCCCN. The third-order valence-electron chi connectivity index (χ3n) is 5.14. The lowest BCUT2D eigenvalue weighted by Crippen LogP contribution is -2.44. The largest absolute Gasteiger partial charge is 0.500 e. The van der Waals surface area contributed by atoms with E-state index in [1.807, 2.05) is 0 Å². The molecule has 8 heteroatoms. The smallest absolute Gasteiger partial charge is 0.463 e. The monoisotopic (exact) mass is 476 g/mol. The van der Waals surface area contributed by atoms with Crippen LogP contribution in [0.2, 0.25) is 6.04 Å². The van der Waals surface area contributed by atoms with Crippen LogP contribution in [0.25, 0.3) is 0 Å². The van der Waals surface area contributed by atoms with Gasteiger partial charge >= 0.3 is 14.8 Å². The predicted octanol–water partition coefficient (Wildman–Crippen LogP) is 4.96. The lowest BCUT2D eigenvalue weighted by molar-refractivity contribution is -0.137. The van der Waals surface area contributed by atoms with Crippen LogP contribution >= 0.6 is 0 Å². The molecule has 0 amide bonds. The highest BCUT2D eigenvalue weighted by Crippen LogP contribution is 2.16. The summed E-state index contributed by atoms with van der Waals surface area (Å²) >= 11 is 0. The molecule has 0 spiro atoms. The van der Waals surface area contributed by atoms with Crippen LogP contribution in [0, 0.1) is 0 Å². The molecule has 0 aromatic heterocycles. The molecule has 0 rings (SSSR count). The second-order valence-electron chi connectivity index (χ2n) is 7.88. The Hall–Kier alpha value is -0.773. The molecule has 0 radical (unpaired) electrons. The molecular formula is C24H52N2O5Si. The van der Waals surface area contributed by atoms with Crippen LogP contribution in [0.4, 0.5) is 0 Å². The Morgan fingerprint density at radius 3 is 1.75 bits per heavy atom. The highest BCUT2D eigenvalue weighted by molar-refractivity contribution is 6.60. The Morgan fingerprint density at radius 1 is 0.781 bits per heavy atom. The Balaban J connectivity index is 0. The van der Waals surface area contributed by atoms with Gasteiger partial charge in [0.15, 0.2) is 0 Å². The van der Waals surface area contributed by atoms with E-state index < -0.39 is 8.80 Å². The Kier molecular flexibility index (Phi) is 27.6. The van der Waals surface area contributed by atoms with Gasteiger partial charge in [0.05, 0.1) is 6.61 Å². The van der Waals surface area contributed by atoms with Crippen molar-refractivity contribution < 1.29 is 22.8 Å².